The number of ether oxygens (including phenoxy) is 3. The van der Waals surface area contributed by atoms with Crippen LogP contribution in [0.2, 0.25) is 0 Å². The van der Waals surface area contributed by atoms with E-state index in [9.17, 15) is 13.2 Å². The van der Waals surface area contributed by atoms with Crippen LogP contribution in [0.4, 0.5) is 0 Å². The summed E-state index contributed by atoms with van der Waals surface area (Å²) >= 11 is 0. The molecule has 4 rings (SSSR count). The molecular weight excluding hydrogens is 470 g/mol. The zero-order valence-electron chi connectivity index (χ0n) is 21.2. The molecule has 10 heteroatoms. The second kappa shape index (κ2) is 11.6. The number of amides is 1. The molecule has 0 aliphatic carbocycles. The van der Waals surface area contributed by atoms with Gasteiger partial charge < -0.3 is 19.1 Å². The Morgan fingerprint density at radius 2 is 1.69 bits per heavy atom. The molecule has 35 heavy (non-hydrogen) atoms. The van der Waals surface area contributed by atoms with Crippen molar-refractivity contribution >= 4 is 15.9 Å². The molecule has 1 aromatic carbocycles. The van der Waals surface area contributed by atoms with Crippen molar-refractivity contribution in [1.82, 2.24) is 14.1 Å². The van der Waals surface area contributed by atoms with Crippen LogP contribution in [0.3, 0.4) is 0 Å². The smallest absolute Gasteiger partial charge is 0.248 e. The minimum absolute atomic E-state index is 0.00675. The van der Waals surface area contributed by atoms with Crippen LogP contribution in [0.15, 0.2) is 17.0 Å². The fourth-order valence-corrected chi connectivity index (χ4v) is 7.74. The van der Waals surface area contributed by atoms with Gasteiger partial charge in [0.25, 0.3) is 0 Å². The third kappa shape index (κ3) is 5.99. The van der Waals surface area contributed by atoms with Crippen molar-refractivity contribution in [3.63, 3.8) is 0 Å². The first-order chi connectivity index (χ1) is 16.8. The third-order valence-electron chi connectivity index (χ3n) is 7.47. The minimum Gasteiger partial charge on any atom is -0.497 e. The van der Waals surface area contributed by atoms with Crippen molar-refractivity contribution in [3.8, 4) is 5.75 Å². The topological polar surface area (TPSA) is 88.6 Å². The number of likely N-dealkylation sites (tertiary alicyclic amines) is 1. The maximum absolute atomic E-state index is 13.5. The first-order valence-electron chi connectivity index (χ1n) is 12.7. The molecule has 3 aliphatic heterocycles. The van der Waals surface area contributed by atoms with Gasteiger partial charge in [-0.1, -0.05) is 0 Å². The van der Waals surface area contributed by atoms with Crippen molar-refractivity contribution < 1.29 is 27.4 Å². The van der Waals surface area contributed by atoms with Crippen molar-refractivity contribution in [2.24, 2.45) is 0 Å². The van der Waals surface area contributed by atoms with Crippen LogP contribution in [-0.2, 0) is 24.3 Å². The molecule has 0 N–H and O–H groups in total. The van der Waals surface area contributed by atoms with Gasteiger partial charge in [-0.25, -0.2) is 8.42 Å². The summed E-state index contributed by atoms with van der Waals surface area (Å²) in [5.74, 6) is 0.632. The molecule has 0 spiro atoms. The Kier molecular flexibility index (Phi) is 8.70. The summed E-state index contributed by atoms with van der Waals surface area (Å²) in [7, 11) is -2.10. The summed E-state index contributed by atoms with van der Waals surface area (Å²) < 4.78 is 45.1. The van der Waals surface area contributed by atoms with Crippen molar-refractivity contribution in [2.75, 3.05) is 66.3 Å². The Morgan fingerprint density at radius 3 is 2.31 bits per heavy atom. The van der Waals surface area contributed by atoms with Crippen LogP contribution in [-0.4, -0.2) is 107 Å². The zero-order valence-corrected chi connectivity index (χ0v) is 22.0. The highest BCUT2D eigenvalue weighted by molar-refractivity contribution is 7.89. The summed E-state index contributed by atoms with van der Waals surface area (Å²) in [6, 6.07) is 3.76. The lowest BCUT2D eigenvalue weighted by molar-refractivity contribution is -0.138. The van der Waals surface area contributed by atoms with E-state index in [0.29, 0.717) is 34.4 Å². The summed E-state index contributed by atoms with van der Waals surface area (Å²) in [5.41, 5.74) is 1.34. The molecular formula is C25H39N3O6S. The lowest BCUT2D eigenvalue weighted by atomic mass is 10.0. The second-order valence-electron chi connectivity index (χ2n) is 9.78. The molecule has 0 aromatic heterocycles. The van der Waals surface area contributed by atoms with Gasteiger partial charge >= 0.3 is 0 Å². The normalized spacial score (nSPS) is 23.1. The number of benzene rings is 1. The molecule has 0 radical (unpaired) electrons. The molecule has 1 atom stereocenters. The fraction of sp³-hybridized carbons (Fsp3) is 0.720. The molecule has 1 aromatic rings. The summed E-state index contributed by atoms with van der Waals surface area (Å²) in [4.78, 5) is 17.4. The Hall–Kier alpha value is -1.72. The number of nitrogens with zero attached hydrogens (tertiary/aromatic N) is 3. The summed E-state index contributed by atoms with van der Waals surface area (Å²) in [5, 5.41) is 0. The van der Waals surface area contributed by atoms with E-state index in [1.165, 1.54) is 0 Å². The summed E-state index contributed by atoms with van der Waals surface area (Å²) in [6.45, 7) is 9.28. The average molecular weight is 510 g/mol. The maximum Gasteiger partial charge on any atom is 0.248 e. The number of morpholine rings is 1. The van der Waals surface area contributed by atoms with Crippen LogP contribution in [0.25, 0.3) is 0 Å². The van der Waals surface area contributed by atoms with Gasteiger partial charge in [-0.15, -0.1) is 0 Å². The monoisotopic (exact) mass is 509 g/mol. The van der Waals surface area contributed by atoms with Gasteiger partial charge in [0.1, 0.15) is 12.4 Å². The quantitative estimate of drug-likeness (QED) is 0.528. The SMILES string of the molecule is COc1cc(C)c(S(=O)(=O)N2CCC[C@H]2COCC(=O)N2CCC(N3CCOCC3)CC2)c(C)c1. The third-order valence-corrected chi connectivity index (χ3v) is 9.73. The van der Waals surface area contributed by atoms with Gasteiger partial charge in [-0.2, -0.15) is 4.31 Å². The Balaban J connectivity index is 1.29. The van der Waals surface area contributed by atoms with Gasteiger partial charge in [0, 0.05) is 44.8 Å². The first kappa shape index (κ1) is 26.3. The molecule has 1 amide bonds. The van der Waals surface area contributed by atoms with E-state index in [2.05, 4.69) is 4.90 Å². The Bertz CT molecular complexity index is 964. The molecule has 9 nitrogen and oxygen atoms in total. The number of hydrogen-bond acceptors (Lipinski definition) is 7. The lowest BCUT2D eigenvalue weighted by Crippen LogP contribution is -2.50. The summed E-state index contributed by atoms with van der Waals surface area (Å²) in [6.07, 6.45) is 3.46. The van der Waals surface area contributed by atoms with E-state index < -0.39 is 10.0 Å². The number of methoxy groups -OCH3 is 1. The van der Waals surface area contributed by atoms with E-state index in [1.54, 1.807) is 37.4 Å². The molecule has 3 fully saturated rings. The molecule has 0 saturated carbocycles. The highest BCUT2D eigenvalue weighted by Crippen LogP contribution is 2.32. The van der Waals surface area contributed by atoms with E-state index in [1.807, 2.05) is 4.90 Å². The molecule has 196 valence electrons. The van der Waals surface area contributed by atoms with E-state index in [-0.39, 0.29) is 25.2 Å². The standard InChI is InChI=1S/C25H39N3O6S/c1-19-15-23(32-3)16-20(2)25(19)35(30,31)28-8-4-5-22(28)17-34-18-24(29)27-9-6-21(7-10-27)26-11-13-33-14-12-26/h15-16,21-22H,4-14,17-18H2,1-3H3/t22-/m0/s1. The predicted molar refractivity (Wildman–Crippen MR) is 132 cm³/mol. The largest absolute Gasteiger partial charge is 0.497 e. The van der Waals surface area contributed by atoms with Crippen LogP contribution in [0.5, 0.6) is 5.75 Å². The number of carbonyl (C=O) groups excluding carboxylic acids is 1. The number of sulfonamides is 1. The Labute approximate surface area is 209 Å². The number of rotatable bonds is 8. The Morgan fingerprint density at radius 1 is 1.03 bits per heavy atom. The van der Waals surface area contributed by atoms with Gasteiger partial charge in [-0.3, -0.25) is 9.69 Å². The van der Waals surface area contributed by atoms with Crippen molar-refractivity contribution in [1.29, 1.82) is 0 Å². The maximum atomic E-state index is 13.5. The van der Waals surface area contributed by atoms with Gasteiger partial charge in [0.2, 0.25) is 15.9 Å². The molecule has 0 unspecified atom stereocenters. The predicted octanol–water partition coefficient (Wildman–Crippen LogP) is 1.80. The average Bonchev–Trinajstić information content (AvgIpc) is 3.33. The van der Waals surface area contributed by atoms with E-state index >= 15 is 0 Å². The highest BCUT2D eigenvalue weighted by Gasteiger charge is 2.37. The number of piperidine rings is 1. The van der Waals surface area contributed by atoms with Gasteiger partial charge in [-0.05, 0) is 62.8 Å². The second-order valence-corrected chi connectivity index (χ2v) is 11.6. The fourth-order valence-electron chi connectivity index (χ4n) is 5.64. The van der Waals surface area contributed by atoms with Crippen LogP contribution < -0.4 is 4.74 Å². The lowest BCUT2D eigenvalue weighted by Gasteiger charge is -2.40. The molecule has 3 aliphatic rings. The van der Waals surface area contributed by atoms with E-state index in [4.69, 9.17) is 14.2 Å². The zero-order chi connectivity index (χ0) is 25.0. The molecule has 3 heterocycles. The number of hydrogen-bond donors (Lipinski definition) is 0. The van der Waals surface area contributed by atoms with Crippen LogP contribution >= 0.6 is 0 Å². The van der Waals surface area contributed by atoms with Crippen molar-refractivity contribution in [2.45, 2.75) is 56.5 Å². The number of carbonyl (C=O) groups is 1. The van der Waals surface area contributed by atoms with Crippen molar-refractivity contribution in [3.05, 3.63) is 23.3 Å². The first-order valence-corrected chi connectivity index (χ1v) is 14.1. The van der Waals surface area contributed by atoms with E-state index in [0.717, 1.165) is 65.1 Å². The van der Waals surface area contributed by atoms with Crippen LogP contribution in [0, 0.1) is 13.8 Å². The number of aryl methyl sites for hydroxylation is 2. The molecule has 0 bridgehead atoms. The minimum atomic E-state index is -3.67. The van der Waals surface area contributed by atoms with Gasteiger partial charge in [0.05, 0.1) is 31.8 Å². The van der Waals surface area contributed by atoms with Crippen LogP contribution in [0.1, 0.15) is 36.8 Å². The highest BCUT2D eigenvalue weighted by atomic mass is 32.2. The molecule has 3 saturated heterocycles. The van der Waals surface area contributed by atoms with Gasteiger partial charge in [0.15, 0.2) is 0 Å².